The van der Waals surface area contributed by atoms with Gasteiger partial charge in [-0.25, -0.2) is 9.97 Å². The van der Waals surface area contributed by atoms with Crippen molar-refractivity contribution in [2.24, 2.45) is 0 Å². The summed E-state index contributed by atoms with van der Waals surface area (Å²) in [7, 11) is 0. The number of benzene rings is 1. The minimum Gasteiger partial charge on any atom is -0.362 e. The van der Waals surface area contributed by atoms with Gasteiger partial charge in [-0.3, -0.25) is 5.10 Å². The Morgan fingerprint density at radius 2 is 2.06 bits per heavy atom. The standard InChI is InChI=1S/C12H11N5/c1-2-4-10-9(3-1)5-6-13-12(10)14-7-11-15-8-16-17-11/h1-6,8H,7H2,(H,13,14)(H,15,16,17). The Kier molecular flexibility index (Phi) is 2.42. The van der Waals surface area contributed by atoms with E-state index in [-0.39, 0.29) is 0 Å². The van der Waals surface area contributed by atoms with Gasteiger partial charge in [0.2, 0.25) is 0 Å². The van der Waals surface area contributed by atoms with Crippen LogP contribution in [0.2, 0.25) is 0 Å². The lowest BCUT2D eigenvalue weighted by atomic mass is 10.1. The van der Waals surface area contributed by atoms with E-state index in [1.54, 1.807) is 6.20 Å². The van der Waals surface area contributed by atoms with Gasteiger partial charge in [0.05, 0.1) is 6.54 Å². The second-order valence-corrected chi connectivity index (χ2v) is 3.67. The lowest BCUT2D eigenvalue weighted by Crippen LogP contribution is -2.03. The van der Waals surface area contributed by atoms with Gasteiger partial charge in [0.25, 0.3) is 0 Å². The summed E-state index contributed by atoms with van der Waals surface area (Å²) >= 11 is 0. The molecule has 0 unspecified atom stereocenters. The third-order valence-corrected chi connectivity index (χ3v) is 2.56. The van der Waals surface area contributed by atoms with Crippen LogP contribution in [0.4, 0.5) is 5.82 Å². The van der Waals surface area contributed by atoms with Gasteiger partial charge in [-0.05, 0) is 11.5 Å². The van der Waals surface area contributed by atoms with Crippen molar-refractivity contribution in [2.45, 2.75) is 6.54 Å². The number of hydrogen-bond donors (Lipinski definition) is 2. The molecule has 0 amide bonds. The van der Waals surface area contributed by atoms with Gasteiger partial charge in [-0.15, -0.1) is 0 Å². The number of anilines is 1. The van der Waals surface area contributed by atoms with Crippen molar-refractivity contribution in [3.8, 4) is 0 Å². The molecule has 2 aromatic heterocycles. The third-order valence-electron chi connectivity index (χ3n) is 2.56. The number of nitrogens with zero attached hydrogens (tertiary/aromatic N) is 3. The van der Waals surface area contributed by atoms with E-state index in [4.69, 9.17) is 0 Å². The van der Waals surface area contributed by atoms with Crippen molar-refractivity contribution in [1.29, 1.82) is 0 Å². The van der Waals surface area contributed by atoms with Crippen LogP contribution in [-0.2, 0) is 6.54 Å². The fourth-order valence-corrected chi connectivity index (χ4v) is 1.74. The van der Waals surface area contributed by atoms with Crippen LogP contribution in [0.15, 0.2) is 42.9 Å². The number of rotatable bonds is 3. The summed E-state index contributed by atoms with van der Waals surface area (Å²) in [4.78, 5) is 8.39. The highest BCUT2D eigenvalue weighted by molar-refractivity contribution is 5.91. The molecule has 0 saturated heterocycles. The molecule has 84 valence electrons. The maximum absolute atomic E-state index is 4.33. The minimum atomic E-state index is 0.584. The molecule has 3 rings (SSSR count). The largest absolute Gasteiger partial charge is 0.362 e. The number of pyridine rings is 1. The van der Waals surface area contributed by atoms with E-state index < -0.39 is 0 Å². The molecule has 2 heterocycles. The van der Waals surface area contributed by atoms with Crippen molar-refractivity contribution in [2.75, 3.05) is 5.32 Å². The van der Waals surface area contributed by atoms with Crippen LogP contribution in [0.25, 0.3) is 10.8 Å². The van der Waals surface area contributed by atoms with Gasteiger partial charge in [0.1, 0.15) is 18.0 Å². The first kappa shape index (κ1) is 9.77. The molecule has 0 fully saturated rings. The first-order valence-corrected chi connectivity index (χ1v) is 5.35. The van der Waals surface area contributed by atoms with Crippen LogP contribution >= 0.6 is 0 Å². The molecule has 0 aliphatic heterocycles. The van der Waals surface area contributed by atoms with Crippen molar-refractivity contribution in [3.05, 3.63) is 48.7 Å². The quantitative estimate of drug-likeness (QED) is 0.715. The normalized spacial score (nSPS) is 10.6. The zero-order valence-electron chi connectivity index (χ0n) is 9.09. The lowest BCUT2D eigenvalue weighted by Gasteiger charge is -2.06. The molecule has 0 aliphatic carbocycles. The van der Waals surface area contributed by atoms with Gasteiger partial charge in [-0.2, -0.15) is 5.10 Å². The highest BCUT2D eigenvalue weighted by atomic mass is 15.2. The average molecular weight is 225 g/mol. The zero-order chi connectivity index (χ0) is 11.5. The van der Waals surface area contributed by atoms with Crippen LogP contribution in [0.5, 0.6) is 0 Å². The van der Waals surface area contributed by atoms with Crippen LogP contribution in [0, 0.1) is 0 Å². The SMILES string of the molecule is c1ccc2c(NCc3ncn[nH]3)nccc2c1. The monoisotopic (exact) mass is 225 g/mol. The van der Waals surface area contributed by atoms with Crippen molar-refractivity contribution in [3.63, 3.8) is 0 Å². The zero-order valence-corrected chi connectivity index (χ0v) is 9.09. The van der Waals surface area contributed by atoms with E-state index in [2.05, 4.69) is 31.5 Å². The molecule has 1 aromatic carbocycles. The maximum Gasteiger partial charge on any atom is 0.143 e. The van der Waals surface area contributed by atoms with E-state index in [1.807, 2.05) is 24.3 Å². The van der Waals surface area contributed by atoms with Crippen LogP contribution in [-0.4, -0.2) is 20.2 Å². The molecule has 5 heteroatoms. The van der Waals surface area contributed by atoms with Crippen molar-refractivity contribution >= 4 is 16.6 Å². The minimum absolute atomic E-state index is 0.584. The Morgan fingerprint density at radius 1 is 1.12 bits per heavy atom. The predicted molar refractivity (Wildman–Crippen MR) is 65.5 cm³/mol. The van der Waals surface area contributed by atoms with Crippen molar-refractivity contribution in [1.82, 2.24) is 20.2 Å². The Hall–Kier alpha value is -2.43. The predicted octanol–water partition coefficient (Wildman–Crippen LogP) is 1.96. The van der Waals surface area contributed by atoms with Crippen LogP contribution < -0.4 is 5.32 Å². The highest BCUT2D eigenvalue weighted by Gasteiger charge is 2.02. The number of hydrogen-bond acceptors (Lipinski definition) is 4. The van der Waals surface area contributed by atoms with Gasteiger partial charge in [-0.1, -0.05) is 24.3 Å². The first-order chi connectivity index (χ1) is 8.43. The summed E-state index contributed by atoms with van der Waals surface area (Å²) in [5.41, 5.74) is 0. The first-order valence-electron chi connectivity index (χ1n) is 5.35. The van der Waals surface area contributed by atoms with Crippen LogP contribution in [0.3, 0.4) is 0 Å². The molecule has 0 atom stereocenters. The number of nitrogens with one attached hydrogen (secondary N) is 2. The molecule has 17 heavy (non-hydrogen) atoms. The molecule has 0 spiro atoms. The fraction of sp³-hybridized carbons (Fsp3) is 0.0833. The van der Waals surface area contributed by atoms with Gasteiger partial charge in [0, 0.05) is 11.6 Å². The Morgan fingerprint density at radius 3 is 2.94 bits per heavy atom. The van der Waals surface area contributed by atoms with E-state index in [9.17, 15) is 0 Å². The molecule has 2 N–H and O–H groups in total. The van der Waals surface area contributed by atoms with Gasteiger partial charge >= 0.3 is 0 Å². The van der Waals surface area contributed by atoms with E-state index in [0.29, 0.717) is 6.54 Å². The summed E-state index contributed by atoms with van der Waals surface area (Å²) < 4.78 is 0. The number of aromatic nitrogens is 4. The van der Waals surface area contributed by atoms with Crippen molar-refractivity contribution < 1.29 is 0 Å². The smallest absolute Gasteiger partial charge is 0.143 e. The lowest BCUT2D eigenvalue weighted by molar-refractivity contribution is 0.949. The van der Waals surface area contributed by atoms with E-state index >= 15 is 0 Å². The summed E-state index contributed by atoms with van der Waals surface area (Å²) in [6, 6.07) is 10.1. The molecule has 0 bridgehead atoms. The van der Waals surface area contributed by atoms with Gasteiger partial charge < -0.3 is 5.32 Å². The molecule has 0 aliphatic rings. The molecule has 3 aromatic rings. The fourth-order valence-electron chi connectivity index (χ4n) is 1.74. The number of aromatic amines is 1. The third kappa shape index (κ3) is 1.94. The topological polar surface area (TPSA) is 66.5 Å². The Labute approximate surface area is 97.9 Å². The van der Waals surface area contributed by atoms with Crippen LogP contribution in [0.1, 0.15) is 5.82 Å². The number of fused-ring (bicyclic) bond motifs is 1. The average Bonchev–Trinajstić information content (AvgIpc) is 2.89. The number of H-pyrrole nitrogens is 1. The molecular formula is C12H11N5. The molecule has 0 radical (unpaired) electrons. The summed E-state index contributed by atoms with van der Waals surface area (Å²) in [5, 5.41) is 12.1. The Balaban J connectivity index is 1.90. The van der Waals surface area contributed by atoms with Gasteiger partial charge in [0.15, 0.2) is 0 Å². The molecule has 5 nitrogen and oxygen atoms in total. The van der Waals surface area contributed by atoms with E-state index in [0.717, 1.165) is 17.0 Å². The van der Waals surface area contributed by atoms with E-state index in [1.165, 1.54) is 11.7 Å². The maximum atomic E-state index is 4.33. The highest BCUT2D eigenvalue weighted by Crippen LogP contribution is 2.20. The Bertz CT molecular complexity index is 612. The molecule has 0 saturated carbocycles. The summed E-state index contributed by atoms with van der Waals surface area (Å²) in [5.74, 6) is 1.65. The second-order valence-electron chi connectivity index (χ2n) is 3.67. The summed E-state index contributed by atoms with van der Waals surface area (Å²) in [6.07, 6.45) is 3.29. The second kappa shape index (κ2) is 4.21. The summed E-state index contributed by atoms with van der Waals surface area (Å²) in [6.45, 7) is 0.584. The molecular weight excluding hydrogens is 214 g/mol.